The summed E-state index contributed by atoms with van der Waals surface area (Å²) < 4.78 is 4.90. The van der Waals surface area contributed by atoms with Crippen LogP contribution in [0.2, 0.25) is 0 Å². The molecule has 1 rings (SSSR count). The molecular weight excluding hydrogens is 162 g/mol. The van der Waals surface area contributed by atoms with Crippen LogP contribution in [0.5, 0.6) is 5.75 Å². The third-order valence-electron chi connectivity index (χ3n) is 1.58. The summed E-state index contributed by atoms with van der Waals surface area (Å²) in [6, 6.07) is 5.83. The van der Waals surface area contributed by atoms with Gasteiger partial charge in [-0.3, -0.25) is 0 Å². The molecule has 1 aromatic rings. The number of rotatable bonds is 2. The zero-order valence-electron chi connectivity index (χ0n) is 8.66. The molecule has 0 aliphatic heterocycles. The predicted octanol–water partition coefficient (Wildman–Crippen LogP) is -1.67. The van der Waals surface area contributed by atoms with Gasteiger partial charge in [0.25, 0.3) is 0 Å². The van der Waals surface area contributed by atoms with Crippen molar-refractivity contribution in [3.05, 3.63) is 29.3 Å². The van der Waals surface area contributed by atoms with Crippen molar-refractivity contribution >= 4 is 7.69 Å². The van der Waals surface area contributed by atoms with E-state index in [9.17, 15) is 0 Å². The molecule has 0 saturated carbocycles. The SMILES string of the molecule is Cc1cccc(C)c1O[B]O.[H-].[Na+]. The second kappa shape index (κ2) is 5.65. The van der Waals surface area contributed by atoms with E-state index in [2.05, 4.69) is 0 Å². The molecule has 0 bridgehead atoms. The fourth-order valence-electron chi connectivity index (χ4n) is 1.04. The van der Waals surface area contributed by atoms with Crippen LogP contribution in [0.1, 0.15) is 12.6 Å². The van der Waals surface area contributed by atoms with Gasteiger partial charge in [-0.25, -0.2) is 0 Å². The molecule has 0 aliphatic carbocycles. The quantitative estimate of drug-likeness (QED) is 0.541. The van der Waals surface area contributed by atoms with Crippen molar-refractivity contribution in [2.75, 3.05) is 0 Å². The van der Waals surface area contributed by atoms with E-state index in [4.69, 9.17) is 9.68 Å². The Morgan fingerprint density at radius 3 is 2.25 bits per heavy atom. The fraction of sp³-hybridized carbons (Fsp3) is 0.250. The summed E-state index contributed by atoms with van der Waals surface area (Å²) in [5, 5.41) is 8.42. The smallest absolute Gasteiger partial charge is 1.00 e. The van der Waals surface area contributed by atoms with E-state index in [1.54, 1.807) is 0 Å². The first kappa shape index (κ1) is 12.0. The Bertz CT molecular complexity index is 238. The van der Waals surface area contributed by atoms with Crippen LogP contribution in [-0.2, 0) is 0 Å². The Balaban J connectivity index is 0. The summed E-state index contributed by atoms with van der Waals surface area (Å²) in [4.78, 5) is 0. The number of aryl methyl sites for hydroxylation is 2. The molecule has 59 valence electrons. The van der Waals surface area contributed by atoms with Crippen LogP contribution in [0, 0.1) is 13.8 Å². The fourth-order valence-corrected chi connectivity index (χ4v) is 1.04. The normalized spacial score (nSPS) is 8.58. The van der Waals surface area contributed by atoms with Gasteiger partial charge in [0.1, 0.15) is 5.75 Å². The number of hydrogen-bond acceptors (Lipinski definition) is 2. The van der Waals surface area contributed by atoms with E-state index in [0.717, 1.165) is 16.9 Å². The Labute approximate surface area is 97.0 Å². The molecule has 0 fully saturated rings. The van der Waals surface area contributed by atoms with Crippen LogP contribution in [0.3, 0.4) is 0 Å². The molecule has 0 amide bonds. The molecule has 0 spiro atoms. The van der Waals surface area contributed by atoms with Crippen LogP contribution in [-0.4, -0.2) is 12.7 Å². The van der Waals surface area contributed by atoms with E-state index in [0.29, 0.717) is 7.69 Å². The topological polar surface area (TPSA) is 29.5 Å². The van der Waals surface area contributed by atoms with Gasteiger partial charge in [0.15, 0.2) is 0 Å². The molecule has 12 heavy (non-hydrogen) atoms. The van der Waals surface area contributed by atoms with Gasteiger partial charge in [0.2, 0.25) is 0 Å². The predicted molar refractivity (Wildman–Crippen MR) is 45.6 cm³/mol. The molecule has 0 unspecified atom stereocenters. The first-order chi connectivity index (χ1) is 5.25. The minimum atomic E-state index is 0. The largest absolute Gasteiger partial charge is 1.00 e. The van der Waals surface area contributed by atoms with Crippen molar-refractivity contribution in [2.45, 2.75) is 13.8 Å². The van der Waals surface area contributed by atoms with Gasteiger partial charge >= 0.3 is 37.2 Å². The molecular formula is C8H11BNaO2. The molecule has 0 heterocycles. The minimum absolute atomic E-state index is 0. The number of para-hydroxylation sites is 1. The average molecular weight is 173 g/mol. The summed E-state index contributed by atoms with van der Waals surface area (Å²) in [5.74, 6) is 0.731. The Kier molecular flexibility index (Phi) is 5.67. The maximum Gasteiger partial charge on any atom is 1.00 e. The van der Waals surface area contributed by atoms with Crippen molar-refractivity contribution in [1.29, 1.82) is 0 Å². The molecule has 2 nitrogen and oxygen atoms in total. The van der Waals surface area contributed by atoms with E-state index in [1.807, 2.05) is 32.0 Å². The van der Waals surface area contributed by atoms with Crippen LogP contribution >= 0.6 is 0 Å². The summed E-state index contributed by atoms with van der Waals surface area (Å²) >= 11 is 0. The number of benzene rings is 1. The molecule has 0 atom stereocenters. The standard InChI is InChI=1S/C8H10BO2.Na.H/c1-6-4-3-5-7(2)8(6)11-9-10;;/h3-5,10H,1-2H3;;/q;+1;-1. The van der Waals surface area contributed by atoms with E-state index in [-0.39, 0.29) is 31.0 Å². The summed E-state index contributed by atoms with van der Waals surface area (Å²) in [6.45, 7) is 3.87. The van der Waals surface area contributed by atoms with Gasteiger partial charge in [-0.1, -0.05) is 18.2 Å². The average Bonchev–Trinajstić information content (AvgIpc) is 1.97. The Hall–Kier alpha value is 0.0449. The van der Waals surface area contributed by atoms with Gasteiger partial charge in [-0.2, -0.15) is 0 Å². The van der Waals surface area contributed by atoms with Gasteiger partial charge < -0.3 is 11.1 Å². The zero-order chi connectivity index (χ0) is 8.27. The van der Waals surface area contributed by atoms with E-state index >= 15 is 0 Å². The third-order valence-corrected chi connectivity index (χ3v) is 1.58. The molecule has 1 N–H and O–H groups in total. The summed E-state index contributed by atoms with van der Waals surface area (Å²) in [6.07, 6.45) is 0. The monoisotopic (exact) mass is 173 g/mol. The molecule has 0 aromatic heterocycles. The van der Waals surface area contributed by atoms with Crippen molar-refractivity contribution in [1.82, 2.24) is 0 Å². The van der Waals surface area contributed by atoms with Crippen molar-refractivity contribution in [2.24, 2.45) is 0 Å². The van der Waals surface area contributed by atoms with Gasteiger partial charge in [0.05, 0.1) is 0 Å². The molecule has 1 aromatic carbocycles. The van der Waals surface area contributed by atoms with Gasteiger partial charge in [-0.05, 0) is 25.0 Å². The molecule has 0 saturated heterocycles. The van der Waals surface area contributed by atoms with Crippen molar-refractivity contribution in [3.63, 3.8) is 0 Å². The van der Waals surface area contributed by atoms with Crippen molar-refractivity contribution in [3.8, 4) is 5.75 Å². The minimum Gasteiger partial charge on any atom is -1.00 e. The van der Waals surface area contributed by atoms with Gasteiger partial charge in [0, 0.05) is 0 Å². The molecule has 4 heteroatoms. The second-order valence-electron chi connectivity index (χ2n) is 2.44. The number of hydrogen-bond donors (Lipinski definition) is 1. The van der Waals surface area contributed by atoms with Crippen LogP contribution < -0.4 is 34.2 Å². The van der Waals surface area contributed by atoms with Crippen molar-refractivity contribution < 1.29 is 40.7 Å². The van der Waals surface area contributed by atoms with E-state index in [1.165, 1.54) is 0 Å². The second-order valence-corrected chi connectivity index (χ2v) is 2.44. The third kappa shape index (κ3) is 2.83. The van der Waals surface area contributed by atoms with Crippen LogP contribution in [0.15, 0.2) is 18.2 Å². The molecule has 1 radical (unpaired) electrons. The van der Waals surface area contributed by atoms with Crippen LogP contribution in [0.4, 0.5) is 0 Å². The molecule has 0 aliphatic rings. The summed E-state index contributed by atoms with van der Waals surface area (Å²) in [7, 11) is 0.704. The Morgan fingerprint density at radius 1 is 1.33 bits per heavy atom. The first-order valence-electron chi connectivity index (χ1n) is 3.44. The zero-order valence-corrected chi connectivity index (χ0v) is 9.66. The summed E-state index contributed by atoms with van der Waals surface area (Å²) in [5.41, 5.74) is 2.05. The van der Waals surface area contributed by atoms with Crippen LogP contribution in [0.25, 0.3) is 0 Å². The van der Waals surface area contributed by atoms with Gasteiger partial charge in [-0.15, -0.1) is 0 Å². The maximum atomic E-state index is 8.42. The van der Waals surface area contributed by atoms with E-state index < -0.39 is 0 Å². The first-order valence-corrected chi connectivity index (χ1v) is 3.44. The Morgan fingerprint density at radius 2 is 1.83 bits per heavy atom. The maximum absolute atomic E-state index is 8.42.